The molecule has 3 N–H and O–H groups in total. The van der Waals surface area contributed by atoms with Gasteiger partial charge in [-0.15, -0.1) is 0 Å². The molecule has 1 aliphatic rings. The van der Waals surface area contributed by atoms with Crippen LogP contribution in [0.2, 0.25) is 0 Å². The number of rotatable bonds is 6. The Morgan fingerprint density at radius 3 is 2.34 bits per heavy atom. The Kier molecular flexibility index (Phi) is 5.91. The maximum atomic E-state index is 11.6. The summed E-state index contributed by atoms with van der Waals surface area (Å²) in [5.41, 5.74) is 3.99. The van der Waals surface area contributed by atoms with Gasteiger partial charge in [-0.2, -0.15) is 0 Å². The number of nitrogens with one attached hydrogen (secondary N) is 2. The number of pyridine rings is 1. The molecule has 0 aliphatic carbocycles. The summed E-state index contributed by atoms with van der Waals surface area (Å²) in [7, 11) is -3.38. The van der Waals surface area contributed by atoms with Crippen molar-refractivity contribution in [3.05, 3.63) is 103 Å². The predicted octanol–water partition coefficient (Wildman–Crippen LogP) is 4.13. The first-order valence-corrected chi connectivity index (χ1v) is 13.2. The average Bonchev–Trinajstić information content (AvgIpc) is 3.44. The van der Waals surface area contributed by atoms with Crippen molar-refractivity contribution in [3.8, 4) is 11.4 Å². The van der Waals surface area contributed by atoms with Crippen LogP contribution >= 0.6 is 12.2 Å². The third kappa shape index (κ3) is 4.71. The molecule has 1 saturated heterocycles. The normalized spacial score (nSPS) is 17.9. The van der Waals surface area contributed by atoms with Crippen molar-refractivity contribution in [3.63, 3.8) is 0 Å². The van der Waals surface area contributed by atoms with Gasteiger partial charge in [0, 0.05) is 35.1 Å². The van der Waals surface area contributed by atoms with E-state index in [4.69, 9.17) is 12.2 Å². The molecule has 8 nitrogen and oxygen atoms in total. The van der Waals surface area contributed by atoms with Gasteiger partial charge in [0.1, 0.15) is 11.8 Å². The third-order valence-corrected chi connectivity index (χ3v) is 6.68. The lowest BCUT2D eigenvalue weighted by Gasteiger charge is -2.29. The smallest absolute Gasteiger partial charge is 0.229 e. The first-order valence-electron chi connectivity index (χ1n) is 10.9. The van der Waals surface area contributed by atoms with Crippen molar-refractivity contribution in [1.82, 2.24) is 14.9 Å². The maximum Gasteiger partial charge on any atom is 0.229 e. The van der Waals surface area contributed by atoms with E-state index in [1.807, 2.05) is 65.7 Å². The summed E-state index contributed by atoms with van der Waals surface area (Å²) >= 11 is 5.78. The summed E-state index contributed by atoms with van der Waals surface area (Å²) in [6.45, 7) is 0. The third-order valence-electron chi connectivity index (χ3n) is 5.76. The Labute approximate surface area is 208 Å². The quantitative estimate of drug-likeness (QED) is 0.339. The van der Waals surface area contributed by atoms with E-state index in [9.17, 15) is 13.5 Å². The SMILES string of the molecule is CS(=O)(=O)Nc1ccc(N2C(=S)N[C@@H](c3ccccn3)[C@H]2c2cccn2-c2ccc(O)cc2)cc1. The molecule has 2 aromatic heterocycles. The number of aromatic hydroxyl groups is 1. The molecular weight excluding hydrogens is 482 g/mol. The van der Waals surface area contributed by atoms with Gasteiger partial charge >= 0.3 is 0 Å². The van der Waals surface area contributed by atoms with Crippen LogP contribution in [0.4, 0.5) is 11.4 Å². The van der Waals surface area contributed by atoms with Gasteiger partial charge in [0.2, 0.25) is 10.0 Å². The summed E-state index contributed by atoms with van der Waals surface area (Å²) in [5, 5.41) is 13.7. The lowest BCUT2D eigenvalue weighted by molar-refractivity contribution is 0.475. The zero-order chi connectivity index (χ0) is 24.6. The summed E-state index contributed by atoms with van der Waals surface area (Å²) in [4.78, 5) is 6.60. The van der Waals surface area contributed by atoms with E-state index in [2.05, 4.69) is 19.6 Å². The van der Waals surface area contributed by atoms with Gasteiger partial charge in [-0.3, -0.25) is 9.71 Å². The largest absolute Gasteiger partial charge is 0.508 e. The van der Waals surface area contributed by atoms with E-state index in [0.29, 0.717) is 10.8 Å². The van der Waals surface area contributed by atoms with E-state index >= 15 is 0 Å². The number of nitrogens with zero attached hydrogens (tertiary/aromatic N) is 3. The number of phenols is 1. The number of thiocarbonyl (C=S) groups is 1. The lowest BCUT2D eigenvalue weighted by Crippen LogP contribution is -2.30. The van der Waals surface area contributed by atoms with Crippen LogP contribution in [-0.4, -0.2) is 34.4 Å². The Morgan fingerprint density at radius 2 is 1.69 bits per heavy atom. The van der Waals surface area contributed by atoms with Crippen LogP contribution in [0.3, 0.4) is 0 Å². The number of anilines is 2. The molecule has 0 saturated carbocycles. The van der Waals surface area contributed by atoms with Crippen molar-refractivity contribution in [1.29, 1.82) is 0 Å². The summed E-state index contributed by atoms with van der Waals surface area (Å²) in [6, 6.07) is 23.4. The van der Waals surface area contributed by atoms with Crippen molar-refractivity contribution < 1.29 is 13.5 Å². The van der Waals surface area contributed by atoms with Crippen molar-refractivity contribution in [2.75, 3.05) is 15.9 Å². The second-order valence-electron chi connectivity index (χ2n) is 8.24. The number of hydrogen-bond donors (Lipinski definition) is 3. The highest BCUT2D eigenvalue weighted by Crippen LogP contribution is 2.42. The standard InChI is InChI=1S/C25H23N5O3S2/c1-35(32,33)28-17-7-9-19(10-8-17)30-24(23(27-25(30)34)21-5-2-3-15-26-21)22-6-4-16-29(22)18-11-13-20(31)14-12-18/h2-16,23-24,28,31H,1H3,(H,27,34)/t23-,24+/m0/s1. The van der Waals surface area contributed by atoms with Gasteiger partial charge in [0.15, 0.2) is 5.11 Å². The molecule has 2 aromatic carbocycles. The molecule has 0 amide bonds. The molecule has 4 aromatic rings. The highest BCUT2D eigenvalue weighted by Gasteiger charge is 2.42. The molecule has 0 spiro atoms. The Morgan fingerprint density at radius 1 is 0.971 bits per heavy atom. The van der Waals surface area contributed by atoms with Crippen LogP contribution in [0.5, 0.6) is 5.75 Å². The molecule has 178 valence electrons. The minimum atomic E-state index is -3.38. The lowest BCUT2D eigenvalue weighted by atomic mass is 10.0. The highest BCUT2D eigenvalue weighted by molar-refractivity contribution is 7.92. The van der Waals surface area contributed by atoms with Crippen LogP contribution in [0.15, 0.2) is 91.3 Å². The molecule has 0 radical (unpaired) electrons. The number of phenolic OH excluding ortho intramolecular Hbond substituents is 1. The van der Waals surface area contributed by atoms with Crippen molar-refractivity contribution in [2.24, 2.45) is 0 Å². The van der Waals surface area contributed by atoms with E-state index in [1.165, 1.54) is 0 Å². The summed E-state index contributed by atoms with van der Waals surface area (Å²) in [5.74, 6) is 0.196. The molecule has 1 fully saturated rings. The summed E-state index contributed by atoms with van der Waals surface area (Å²) < 4.78 is 27.8. The Bertz CT molecular complexity index is 1450. The first-order chi connectivity index (χ1) is 16.8. The van der Waals surface area contributed by atoms with E-state index in [-0.39, 0.29) is 17.8 Å². The molecule has 0 unspecified atom stereocenters. The Hall–Kier alpha value is -3.89. The number of sulfonamides is 1. The molecule has 35 heavy (non-hydrogen) atoms. The molecule has 3 heterocycles. The highest BCUT2D eigenvalue weighted by atomic mass is 32.2. The van der Waals surface area contributed by atoms with Crippen LogP contribution in [-0.2, 0) is 10.0 Å². The van der Waals surface area contributed by atoms with Crippen molar-refractivity contribution >= 4 is 38.7 Å². The van der Waals surface area contributed by atoms with Crippen molar-refractivity contribution in [2.45, 2.75) is 12.1 Å². The van der Waals surface area contributed by atoms with Gasteiger partial charge in [-0.1, -0.05) is 6.07 Å². The monoisotopic (exact) mass is 505 g/mol. The van der Waals surface area contributed by atoms with E-state index in [1.54, 1.807) is 30.5 Å². The number of aromatic nitrogens is 2. The molecule has 5 rings (SSSR count). The van der Waals surface area contributed by atoms with E-state index < -0.39 is 10.0 Å². The summed E-state index contributed by atoms with van der Waals surface area (Å²) in [6.07, 6.45) is 4.84. The zero-order valence-corrected chi connectivity index (χ0v) is 20.4. The van der Waals surface area contributed by atoms with Crippen LogP contribution in [0.1, 0.15) is 23.5 Å². The minimum absolute atomic E-state index is 0.196. The van der Waals surface area contributed by atoms with Crippen LogP contribution < -0.4 is 14.9 Å². The molecule has 0 bridgehead atoms. The topological polar surface area (TPSA) is 99.5 Å². The second-order valence-corrected chi connectivity index (χ2v) is 10.4. The number of hydrogen-bond acceptors (Lipinski definition) is 5. The molecule has 1 aliphatic heterocycles. The number of benzene rings is 2. The predicted molar refractivity (Wildman–Crippen MR) is 140 cm³/mol. The van der Waals surface area contributed by atoms with Gasteiger partial charge in [-0.05, 0) is 85.0 Å². The average molecular weight is 506 g/mol. The van der Waals surface area contributed by atoms with Gasteiger partial charge in [-0.25, -0.2) is 8.42 Å². The molecule has 2 atom stereocenters. The fourth-order valence-electron chi connectivity index (χ4n) is 4.32. The second kappa shape index (κ2) is 9.05. The minimum Gasteiger partial charge on any atom is -0.508 e. The zero-order valence-electron chi connectivity index (χ0n) is 18.7. The molecular formula is C25H23N5O3S2. The maximum absolute atomic E-state index is 11.6. The fraction of sp³-hybridized carbons (Fsp3) is 0.120. The Balaban J connectivity index is 1.60. The molecule has 10 heteroatoms. The van der Waals surface area contributed by atoms with Crippen LogP contribution in [0.25, 0.3) is 5.69 Å². The fourth-order valence-corrected chi connectivity index (χ4v) is 5.23. The van der Waals surface area contributed by atoms with Gasteiger partial charge in [0.25, 0.3) is 0 Å². The van der Waals surface area contributed by atoms with Crippen LogP contribution in [0, 0.1) is 0 Å². The van der Waals surface area contributed by atoms with Gasteiger partial charge in [0.05, 0.1) is 18.0 Å². The van der Waals surface area contributed by atoms with E-state index in [0.717, 1.165) is 29.0 Å². The first kappa shape index (κ1) is 22.9. The van der Waals surface area contributed by atoms with Gasteiger partial charge < -0.3 is 19.9 Å².